The first-order valence-corrected chi connectivity index (χ1v) is 6.92. The van der Waals surface area contributed by atoms with Crippen LogP contribution in [0, 0.1) is 11.3 Å². The number of nitrogens with zero attached hydrogens (tertiary/aromatic N) is 1. The molecule has 0 unspecified atom stereocenters. The lowest BCUT2D eigenvalue weighted by Gasteiger charge is -2.34. The topological polar surface area (TPSA) is 27.1 Å². The van der Waals surface area contributed by atoms with Crippen LogP contribution in [0.1, 0.15) is 32.1 Å². The minimum atomic E-state index is 0.870. The minimum absolute atomic E-state index is 0.870. The number of rotatable bonds is 2. The molecule has 0 saturated carbocycles. The Kier molecular flexibility index (Phi) is 3.74. The SMILES string of the molecule is N=C1CCCCN1CC1CCSCC1. The molecule has 2 rings (SSSR count). The van der Waals surface area contributed by atoms with Gasteiger partial charge >= 0.3 is 0 Å². The second-order valence-electron chi connectivity index (χ2n) is 4.41. The zero-order chi connectivity index (χ0) is 9.80. The fraction of sp³-hybridized carbons (Fsp3) is 0.909. The largest absolute Gasteiger partial charge is 0.360 e. The van der Waals surface area contributed by atoms with E-state index in [1.54, 1.807) is 0 Å². The third-order valence-corrected chi connectivity index (χ3v) is 4.34. The molecule has 0 amide bonds. The summed E-state index contributed by atoms with van der Waals surface area (Å²) >= 11 is 2.09. The van der Waals surface area contributed by atoms with Gasteiger partial charge in [-0.15, -0.1) is 0 Å². The smallest absolute Gasteiger partial charge is 0.0957 e. The van der Waals surface area contributed by atoms with Crippen LogP contribution in [-0.2, 0) is 0 Å². The van der Waals surface area contributed by atoms with Crippen LogP contribution >= 0.6 is 11.8 Å². The fourth-order valence-corrected chi connectivity index (χ4v) is 3.53. The predicted octanol–water partition coefficient (Wildman–Crippen LogP) is 2.59. The van der Waals surface area contributed by atoms with Gasteiger partial charge in [0.2, 0.25) is 0 Å². The van der Waals surface area contributed by atoms with E-state index >= 15 is 0 Å². The van der Waals surface area contributed by atoms with E-state index in [0.717, 1.165) is 24.7 Å². The van der Waals surface area contributed by atoms with Crippen LogP contribution in [0.4, 0.5) is 0 Å². The molecule has 2 fully saturated rings. The van der Waals surface area contributed by atoms with E-state index in [0.29, 0.717) is 0 Å². The molecule has 2 nitrogen and oxygen atoms in total. The van der Waals surface area contributed by atoms with Crippen molar-refractivity contribution < 1.29 is 0 Å². The first-order valence-electron chi connectivity index (χ1n) is 5.76. The van der Waals surface area contributed by atoms with Crippen LogP contribution in [0.5, 0.6) is 0 Å². The molecule has 2 aliphatic heterocycles. The molecule has 2 saturated heterocycles. The van der Waals surface area contributed by atoms with Gasteiger partial charge in [-0.3, -0.25) is 5.41 Å². The summed E-state index contributed by atoms with van der Waals surface area (Å²) in [6.07, 6.45) is 6.28. The maximum atomic E-state index is 7.89. The summed E-state index contributed by atoms with van der Waals surface area (Å²) in [6, 6.07) is 0. The molecule has 0 atom stereocenters. The van der Waals surface area contributed by atoms with Crippen molar-refractivity contribution in [3.05, 3.63) is 0 Å². The highest BCUT2D eigenvalue weighted by atomic mass is 32.2. The summed E-state index contributed by atoms with van der Waals surface area (Å²) in [5.74, 6) is 4.45. The molecule has 0 radical (unpaired) electrons. The maximum absolute atomic E-state index is 7.89. The van der Waals surface area contributed by atoms with Gasteiger partial charge in [0.25, 0.3) is 0 Å². The average Bonchev–Trinajstić information content (AvgIpc) is 2.23. The molecule has 2 aliphatic rings. The Labute approximate surface area is 90.9 Å². The third kappa shape index (κ3) is 2.66. The molecule has 14 heavy (non-hydrogen) atoms. The minimum Gasteiger partial charge on any atom is -0.360 e. The molecule has 0 aromatic rings. The van der Waals surface area contributed by atoms with Crippen molar-refractivity contribution in [1.82, 2.24) is 4.90 Å². The highest BCUT2D eigenvalue weighted by Gasteiger charge is 2.20. The Hall–Kier alpha value is -0.180. The predicted molar refractivity (Wildman–Crippen MR) is 63.2 cm³/mol. The van der Waals surface area contributed by atoms with Gasteiger partial charge in [-0.25, -0.2) is 0 Å². The maximum Gasteiger partial charge on any atom is 0.0957 e. The summed E-state index contributed by atoms with van der Waals surface area (Å²) in [6.45, 7) is 2.31. The summed E-state index contributed by atoms with van der Waals surface area (Å²) in [5.41, 5.74) is 0. The molecule has 0 spiro atoms. The number of hydrogen-bond donors (Lipinski definition) is 1. The molecule has 3 heteroatoms. The van der Waals surface area contributed by atoms with Crippen molar-refractivity contribution in [2.24, 2.45) is 5.92 Å². The lowest BCUT2D eigenvalue weighted by Crippen LogP contribution is -2.39. The summed E-state index contributed by atoms with van der Waals surface area (Å²) in [4.78, 5) is 2.32. The van der Waals surface area contributed by atoms with Crippen molar-refractivity contribution in [3.8, 4) is 0 Å². The summed E-state index contributed by atoms with van der Waals surface area (Å²) in [7, 11) is 0. The van der Waals surface area contributed by atoms with E-state index < -0.39 is 0 Å². The van der Waals surface area contributed by atoms with Crippen LogP contribution in [0.3, 0.4) is 0 Å². The third-order valence-electron chi connectivity index (χ3n) is 3.29. The van der Waals surface area contributed by atoms with Crippen molar-refractivity contribution in [3.63, 3.8) is 0 Å². The number of likely N-dealkylation sites (tertiary alicyclic amines) is 1. The van der Waals surface area contributed by atoms with Gasteiger partial charge in [-0.2, -0.15) is 11.8 Å². The monoisotopic (exact) mass is 212 g/mol. The number of thioether (sulfide) groups is 1. The molecule has 0 bridgehead atoms. The van der Waals surface area contributed by atoms with E-state index in [4.69, 9.17) is 5.41 Å². The van der Waals surface area contributed by atoms with E-state index in [-0.39, 0.29) is 0 Å². The zero-order valence-corrected chi connectivity index (χ0v) is 9.61. The van der Waals surface area contributed by atoms with Crippen molar-refractivity contribution in [1.29, 1.82) is 5.41 Å². The molecule has 0 aliphatic carbocycles. The van der Waals surface area contributed by atoms with E-state index in [1.807, 2.05) is 0 Å². The van der Waals surface area contributed by atoms with Gasteiger partial charge in [-0.1, -0.05) is 0 Å². The van der Waals surface area contributed by atoms with E-state index in [2.05, 4.69) is 16.7 Å². The van der Waals surface area contributed by atoms with E-state index in [1.165, 1.54) is 43.7 Å². The van der Waals surface area contributed by atoms with Crippen LogP contribution < -0.4 is 0 Å². The fourth-order valence-electron chi connectivity index (χ4n) is 2.33. The lowest BCUT2D eigenvalue weighted by atomic mass is 10.0. The van der Waals surface area contributed by atoms with Crippen molar-refractivity contribution >= 4 is 17.6 Å². The Morgan fingerprint density at radius 3 is 2.79 bits per heavy atom. The van der Waals surface area contributed by atoms with Gasteiger partial charge in [0.15, 0.2) is 0 Å². The van der Waals surface area contributed by atoms with Gasteiger partial charge in [0, 0.05) is 19.5 Å². The van der Waals surface area contributed by atoms with Crippen LogP contribution in [0.25, 0.3) is 0 Å². The lowest BCUT2D eigenvalue weighted by molar-refractivity contribution is 0.296. The average molecular weight is 212 g/mol. The Morgan fingerprint density at radius 1 is 1.29 bits per heavy atom. The quantitative estimate of drug-likeness (QED) is 0.761. The zero-order valence-electron chi connectivity index (χ0n) is 8.80. The van der Waals surface area contributed by atoms with Gasteiger partial charge in [-0.05, 0) is 43.1 Å². The number of hydrogen-bond acceptors (Lipinski definition) is 2. The highest BCUT2D eigenvalue weighted by molar-refractivity contribution is 7.99. The molecular weight excluding hydrogens is 192 g/mol. The van der Waals surface area contributed by atoms with E-state index in [9.17, 15) is 0 Å². The van der Waals surface area contributed by atoms with Crippen LogP contribution in [-0.4, -0.2) is 35.3 Å². The molecule has 80 valence electrons. The van der Waals surface area contributed by atoms with Gasteiger partial charge < -0.3 is 4.90 Å². The summed E-state index contributed by atoms with van der Waals surface area (Å²) in [5, 5.41) is 7.89. The van der Waals surface area contributed by atoms with Crippen molar-refractivity contribution in [2.75, 3.05) is 24.6 Å². The van der Waals surface area contributed by atoms with Gasteiger partial charge in [0.1, 0.15) is 0 Å². The number of piperidine rings is 1. The van der Waals surface area contributed by atoms with Gasteiger partial charge in [0.05, 0.1) is 5.84 Å². The highest BCUT2D eigenvalue weighted by Crippen LogP contribution is 2.24. The Morgan fingerprint density at radius 2 is 2.07 bits per heavy atom. The van der Waals surface area contributed by atoms with Crippen molar-refractivity contribution in [2.45, 2.75) is 32.1 Å². The summed E-state index contributed by atoms with van der Waals surface area (Å²) < 4.78 is 0. The number of nitrogens with one attached hydrogen (secondary N) is 1. The number of amidine groups is 1. The Bertz CT molecular complexity index is 199. The van der Waals surface area contributed by atoms with Crippen LogP contribution in [0.15, 0.2) is 0 Å². The Balaban J connectivity index is 1.79. The second kappa shape index (κ2) is 5.06. The normalized spacial score (nSPS) is 25.4. The molecule has 1 N–H and O–H groups in total. The molecule has 2 heterocycles. The molecule has 0 aromatic carbocycles. The second-order valence-corrected chi connectivity index (χ2v) is 5.63. The first kappa shape index (κ1) is 10.3. The first-order chi connectivity index (χ1) is 6.86. The van der Waals surface area contributed by atoms with Crippen LogP contribution in [0.2, 0.25) is 0 Å². The standard InChI is InChI=1S/C11H20N2S/c12-11-3-1-2-6-13(11)9-10-4-7-14-8-5-10/h10,12H,1-9H2. The molecular formula is C11H20N2S. The molecule has 0 aromatic heterocycles.